The summed E-state index contributed by atoms with van der Waals surface area (Å²) in [7, 11) is 0. The summed E-state index contributed by atoms with van der Waals surface area (Å²) in [6, 6.07) is 0.427. The molecule has 1 atom stereocenters. The van der Waals surface area contributed by atoms with Crippen LogP contribution in [0.4, 0.5) is 0 Å². The molecule has 0 aromatic heterocycles. The molecule has 0 radical (unpaired) electrons. The van der Waals surface area contributed by atoms with Gasteiger partial charge in [-0.2, -0.15) is 0 Å². The number of nitrogens with one attached hydrogen (secondary N) is 2. The van der Waals surface area contributed by atoms with Gasteiger partial charge in [0.1, 0.15) is 0 Å². The van der Waals surface area contributed by atoms with Gasteiger partial charge in [0.25, 0.3) is 0 Å². The van der Waals surface area contributed by atoms with E-state index in [9.17, 15) is 4.79 Å². The summed E-state index contributed by atoms with van der Waals surface area (Å²) in [5.74, 6) is 0.0491. The molecule has 1 aliphatic heterocycles. The number of carbonyl (C=O) groups is 1. The molecule has 0 aromatic carbocycles. The van der Waals surface area contributed by atoms with Gasteiger partial charge in [0, 0.05) is 25.4 Å². The van der Waals surface area contributed by atoms with E-state index >= 15 is 0 Å². The summed E-state index contributed by atoms with van der Waals surface area (Å²) >= 11 is 0. The smallest absolute Gasteiger partial charge is 0.220 e. The lowest BCUT2D eigenvalue weighted by atomic mass is 10.2. The maximum atomic E-state index is 11.2. The van der Waals surface area contributed by atoms with Crippen LogP contribution in [-0.2, 0) is 4.79 Å². The Bertz CT molecular complexity index is 210. The Morgan fingerprint density at radius 3 is 2.93 bits per heavy atom. The quantitative estimate of drug-likeness (QED) is 0.570. The van der Waals surface area contributed by atoms with Crippen molar-refractivity contribution in [1.29, 1.82) is 0 Å². The lowest BCUT2D eigenvalue weighted by Gasteiger charge is -2.11. The number of hydrogen-bond acceptors (Lipinski definition) is 3. The van der Waals surface area contributed by atoms with E-state index < -0.39 is 0 Å². The molecule has 0 aliphatic carbocycles. The molecule has 0 saturated carbocycles. The van der Waals surface area contributed by atoms with Crippen molar-refractivity contribution < 1.29 is 9.90 Å². The van der Waals surface area contributed by atoms with Crippen molar-refractivity contribution in [3.63, 3.8) is 0 Å². The Labute approximate surface area is 84.4 Å². The average molecular weight is 198 g/mol. The Balaban J connectivity index is 2.05. The Hall–Kier alpha value is -1.03. The standard InChI is InChI=1S/C10H18N2O2/c1-8(13)4-5-10(14)12-7-9-3-2-6-11-9/h9,11,13H,1-7H2,(H,12,14)/t9-/m1/s1. The molecule has 1 fully saturated rings. The van der Waals surface area contributed by atoms with Crippen molar-refractivity contribution in [2.75, 3.05) is 13.1 Å². The molecule has 1 aliphatic rings. The van der Waals surface area contributed by atoms with Gasteiger partial charge < -0.3 is 15.7 Å². The largest absolute Gasteiger partial charge is 0.513 e. The second-order valence-corrected chi connectivity index (χ2v) is 3.66. The fourth-order valence-electron chi connectivity index (χ4n) is 1.51. The Kier molecular flexibility index (Phi) is 4.46. The first-order valence-electron chi connectivity index (χ1n) is 5.05. The van der Waals surface area contributed by atoms with Crippen LogP contribution in [0.2, 0.25) is 0 Å². The van der Waals surface area contributed by atoms with Gasteiger partial charge in [0.05, 0.1) is 5.76 Å². The predicted molar refractivity (Wildman–Crippen MR) is 55.0 cm³/mol. The molecule has 0 bridgehead atoms. The van der Waals surface area contributed by atoms with Gasteiger partial charge in [-0.05, 0) is 19.4 Å². The molecule has 1 amide bonds. The van der Waals surface area contributed by atoms with Crippen LogP contribution in [-0.4, -0.2) is 30.1 Å². The van der Waals surface area contributed by atoms with E-state index in [2.05, 4.69) is 17.2 Å². The highest BCUT2D eigenvalue weighted by atomic mass is 16.3. The van der Waals surface area contributed by atoms with Gasteiger partial charge >= 0.3 is 0 Å². The summed E-state index contributed by atoms with van der Waals surface area (Å²) in [5.41, 5.74) is 0. The Morgan fingerprint density at radius 2 is 2.36 bits per heavy atom. The number of rotatable bonds is 5. The van der Waals surface area contributed by atoms with Gasteiger partial charge in [-0.1, -0.05) is 6.58 Å². The predicted octanol–water partition coefficient (Wildman–Crippen LogP) is 0.707. The minimum absolute atomic E-state index is 0.0195. The fraction of sp³-hybridized carbons (Fsp3) is 0.700. The first-order chi connectivity index (χ1) is 6.68. The molecule has 0 spiro atoms. The van der Waals surface area contributed by atoms with E-state index in [1.54, 1.807) is 0 Å². The Morgan fingerprint density at radius 1 is 1.57 bits per heavy atom. The van der Waals surface area contributed by atoms with E-state index in [1.165, 1.54) is 6.42 Å². The van der Waals surface area contributed by atoms with E-state index in [-0.39, 0.29) is 11.7 Å². The number of carbonyl (C=O) groups excluding carboxylic acids is 1. The van der Waals surface area contributed by atoms with Gasteiger partial charge in [-0.3, -0.25) is 4.79 Å². The molecular weight excluding hydrogens is 180 g/mol. The van der Waals surface area contributed by atoms with Crippen LogP contribution >= 0.6 is 0 Å². The molecule has 1 heterocycles. The van der Waals surface area contributed by atoms with Crippen LogP contribution in [0, 0.1) is 0 Å². The monoisotopic (exact) mass is 198 g/mol. The number of hydrogen-bond donors (Lipinski definition) is 3. The van der Waals surface area contributed by atoms with E-state index in [4.69, 9.17) is 5.11 Å². The van der Waals surface area contributed by atoms with Crippen molar-refractivity contribution in [2.24, 2.45) is 0 Å². The van der Waals surface area contributed by atoms with Crippen molar-refractivity contribution in [3.8, 4) is 0 Å². The van der Waals surface area contributed by atoms with Crippen LogP contribution in [0.25, 0.3) is 0 Å². The summed E-state index contributed by atoms with van der Waals surface area (Å²) in [4.78, 5) is 11.2. The molecule has 1 saturated heterocycles. The molecule has 1 rings (SSSR count). The maximum absolute atomic E-state index is 11.2. The van der Waals surface area contributed by atoms with Gasteiger partial charge in [-0.25, -0.2) is 0 Å². The number of amides is 1. The number of aliphatic hydroxyl groups is 1. The minimum Gasteiger partial charge on any atom is -0.513 e. The molecule has 4 heteroatoms. The van der Waals surface area contributed by atoms with Crippen LogP contribution < -0.4 is 10.6 Å². The van der Waals surface area contributed by atoms with Crippen molar-refractivity contribution in [3.05, 3.63) is 12.3 Å². The van der Waals surface area contributed by atoms with Crippen LogP contribution in [0.5, 0.6) is 0 Å². The van der Waals surface area contributed by atoms with Crippen LogP contribution in [0.1, 0.15) is 25.7 Å². The summed E-state index contributed by atoms with van der Waals surface area (Å²) in [6.07, 6.45) is 2.99. The normalized spacial score (nSPS) is 20.7. The molecule has 80 valence electrons. The number of allylic oxidation sites excluding steroid dienone is 1. The zero-order valence-electron chi connectivity index (χ0n) is 8.38. The minimum atomic E-state index is -0.0195. The van der Waals surface area contributed by atoms with Gasteiger partial charge in [0.2, 0.25) is 5.91 Å². The van der Waals surface area contributed by atoms with Crippen LogP contribution in [0.3, 0.4) is 0 Å². The first-order valence-corrected chi connectivity index (χ1v) is 5.05. The summed E-state index contributed by atoms with van der Waals surface area (Å²) in [5, 5.41) is 14.9. The third kappa shape index (κ3) is 4.28. The zero-order chi connectivity index (χ0) is 10.4. The van der Waals surface area contributed by atoms with Gasteiger partial charge in [-0.15, -0.1) is 0 Å². The highest BCUT2D eigenvalue weighted by Gasteiger charge is 2.14. The van der Waals surface area contributed by atoms with E-state index in [1.807, 2.05) is 0 Å². The van der Waals surface area contributed by atoms with Crippen molar-refractivity contribution >= 4 is 5.91 Å². The molecule has 14 heavy (non-hydrogen) atoms. The fourth-order valence-corrected chi connectivity index (χ4v) is 1.51. The summed E-state index contributed by atoms with van der Waals surface area (Å²) < 4.78 is 0. The first kappa shape index (κ1) is 11.0. The lowest BCUT2D eigenvalue weighted by molar-refractivity contribution is -0.121. The molecule has 0 unspecified atom stereocenters. The lowest BCUT2D eigenvalue weighted by Crippen LogP contribution is -2.37. The SMILES string of the molecule is C=C(O)CCC(=O)NC[C@H]1CCCN1. The van der Waals surface area contributed by atoms with Crippen LogP contribution in [0.15, 0.2) is 12.3 Å². The highest BCUT2D eigenvalue weighted by molar-refractivity contribution is 5.76. The summed E-state index contributed by atoms with van der Waals surface area (Å²) in [6.45, 7) is 5.07. The molecular formula is C10H18N2O2. The highest BCUT2D eigenvalue weighted by Crippen LogP contribution is 2.03. The average Bonchev–Trinajstić information content (AvgIpc) is 2.63. The number of aliphatic hydroxyl groups excluding tert-OH is 1. The second-order valence-electron chi connectivity index (χ2n) is 3.66. The maximum Gasteiger partial charge on any atom is 0.220 e. The second kappa shape index (κ2) is 5.65. The third-order valence-electron chi connectivity index (χ3n) is 2.35. The van der Waals surface area contributed by atoms with Crippen molar-refractivity contribution in [1.82, 2.24) is 10.6 Å². The topological polar surface area (TPSA) is 61.4 Å². The molecule has 0 aromatic rings. The molecule has 3 N–H and O–H groups in total. The van der Waals surface area contributed by atoms with Crippen molar-refractivity contribution in [2.45, 2.75) is 31.7 Å². The molecule has 4 nitrogen and oxygen atoms in total. The van der Waals surface area contributed by atoms with E-state index in [0.717, 1.165) is 13.0 Å². The zero-order valence-corrected chi connectivity index (χ0v) is 8.38. The van der Waals surface area contributed by atoms with Gasteiger partial charge in [0.15, 0.2) is 0 Å². The van der Waals surface area contributed by atoms with E-state index in [0.29, 0.717) is 25.4 Å². The third-order valence-corrected chi connectivity index (χ3v) is 2.35.